The molecule has 1 atom stereocenters. The van der Waals surface area contributed by atoms with Crippen LogP contribution in [0.2, 0.25) is 0 Å². The van der Waals surface area contributed by atoms with Crippen molar-refractivity contribution in [3.05, 3.63) is 72.3 Å². The number of nitrogens with zero attached hydrogens (tertiary/aromatic N) is 1. The van der Waals surface area contributed by atoms with E-state index >= 15 is 0 Å². The molecular weight excluding hydrogens is 316 g/mol. The summed E-state index contributed by atoms with van der Waals surface area (Å²) in [5.41, 5.74) is 8.96. The molecule has 25 heavy (non-hydrogen) atoms. The zero-order valence-corrected chi connectivity index (χ0v) is 14.6. The third kappa shape index (κ3) is 4.68. The first kappa shape index (κ1) is 18.7. The maximum absolute atomic E-state index is 12.1. The van der Waals surface area contributed by atoms with Gasteiger partial charge in [0, 0.05) is 11.6 Å². The van der Waals surface area contributed by atoms with Crippen molar-refractivity contribution in [3.8, 4) is 5.75 Å². The van der Waals surface area contributed by atoms with Crippen LogP contribution in [-0.2, 0) is 22.5 Å². The van der Waals surface area contributed by atoms with E-state index in [9.17, 15) is 4.79 Å². The first-order valence-corrected chi connectivity index (χ1v) is 8.06. The van der Waals surface area contributed by atoms with Gasteiger partial charge >= 0.3 is 0 Å². The summed E-state index contributed by atoms with van der Waals surface area (Å²) >= 11 is 0. The Hall–Kier alpha value is -2.63. The van der Waals surface area contributed by atoms with Crippen LogP contribution >= 0.6 is 0 Å². The van der Waals surface area contributed by atoms with Crippen molar-refractivity contribution in [3.63, 3.8) is 0 Å². The Morgan fingerprint density at radius 1 is 1.16 bits per heavy atom. The largest absolute Gasteiger partial charge is 0.496 e. The lowest BCUT2D eigenvalue weighted by Gasteiger charge is -2.24. The van der Waals surface area contributed by atoms with Gasteiger partial charge in [-0.2, -0.15) is 5.06 Å². The molecule has 2 aromatic rings. The number of amides is 1. The molecule has 0 heterocycles. The van der Waals surface area contributed by atoms with E-state index in [2.05, 4.69) is 6.58 Å². The Balaban J connectivity index is 2.31. The molecule has 0 aliphatic rings. The van der Waals surface area contributed by atoms with Crippen LogP contribution in [0.3, 0.4) is 0 Å². The summed E-state index contributed by atoms with van der Waals surface area (Å²) in [5, 5.41) is 1.19. The highest BCUT2D eigenvalue weighted by molar-refractivity contribution is 6.00. The van der Waals surface area contributed by atoms with Gasteiger partial charge < -0.3 is 10.5 Å². The predicted molar refractivity (Wildman–Crippen MR) is 99.5 cm³/mol. The summed E-state index contributed by atoms with van der Waals surface area (Å²) in [4.78, 5) is 17.3. The maximum Gasteiger partial charge on any atom is 0.274 e. The molecule has 1 amide bonds. The number of carbonyl (C=O) groups excluding carboxylic acids is 1. The van der Waals surface area contributed by atoms with Gasteiger partial charge in [0.1, 0.15) is 5.75 Å². The minimum absolute atomic E-state index is 0.130. The van der Waals surface area contributed by atoms with Gasteiger partial charge in [-0.15, -0.1) is 0 Å². The van der Waals surface area contributed by atoms with E-state index in [1.165, 1.54) is 18.2 Å². The molecule has 2 N–H and O–H groups in total. The van der Waals surface area contributed by atoms with E-state index in [4.69, 9.17) is 15.3 Å². The highest BCUT2D eigenvalue weighted by atomic mass is 16.7. The molecule has 132 valence electrons. The number of rotatable bonds is 8. The fraction of sp³-hybridized carbons (Fsp3) is 0.250. The zero-order valence-electron chi connectivity index (χ0n) is 14.6. The number of ether oxygens (including phenoxy) is 1. The molecule has 0 aliphatic carbocycles. The molecule has 0 spiro atoms. The van der Waals surface area contributed by atoms with E-state index in [0.29, 0.717) is 17.9 Å². The lowest BCUT2D eigenvalue weighted by Crippen LogP contribution is -2.31. The Morgan fingerprint density at radius 3 is 2.48 bits per heavy atom. The summed E-state index contributed by atoms with van der Waals surface area (Å²) in [6.45, 7) is 3.52. The second-order valence-electron chi connectivity index (χ2n) is 5.63. The van der Waals surface area contributed by atoms with Gasteiger partial charge in [-0.1, -0.05) is 43.0 Å². The summed E-state index contributed by atoms with van der Waals surface area (Å²) < 4.78 is 5.47. The third-order valence-corrected chi connectivity index (χ3v) is 3.91. The van der Waals surface area contributed by atoms with Crippen LogP contribution in [0.5, 0.6) is 5.75 Å². The standard InChI is InChI=1S/C20H24N2O3/c1-4-20(23)22(25-3)18-11-8-12-19(24-2)17(18)14-16(21)13-15-9-6-5-7-10-15/h4-12,16H,1,13-14,21H2,2-3H3/t16-/m1/s1. The van der Waals surface area contributed by atoms with Crippen LogP contribution < -0.4 is 15.5 Å². The molecule has 0 fully saturated rings. The number of nitrogens with two attached hydrogens (primary N) is 1. The molecular formula is C20H24N2O3. The highest BCUT2D eigenvalue weighted by Crippen LogP contribution is 2.31. The Labute approximate surface area is 148 Å². The molecule has 2 rings (SSSR count). The molecule has 0 unspecified atom stereocenters. The Bertz CT molecular complexity index is 716. The van der Waals surface area contributed by atoms with Gasteiger partial charge in [0.15, 0.2) is 0 Å². The average Bonchev–Trinajstić information content (AvgIpc) is 2.63. The van der Waals surface area contributed by atoms with Crippen LogP contribution in [0.25, 0.3) is 0 Å². The van der Waals surface area contributed by atoms with Crippen molar-refractivity contribution in [1.29, 1.82) is 0 Å². The maximum atomic E-state index is 12.1. The predicted octanol–water partition coefficient (Wildman–Crippen LogP) is 2.89. The molecule has 0 radical (unpaired) electrons. The first-order chi connectivity index (χ1) is 12.1. The number of hydrogen-bond donors (Lipinski definition) is 1. The van der Waals surface area contributed by atoms with E-state index in [0.717, 1.165) is 17.5 Å². The molecule has 0 bridgehead atoms. The molecule has 5 heteroatoms. The minimum Gasteiger partial charge on any atom is -0.496 e. The van der Waals surface area contributed by atoms with Crippen LogP contribution in [0.1, 0.15) is 11.1 Å². The van der Waals surface area contributed by atoms with Gasteiger partial charge in [-0.05, 0) is 36.6 Å². The van der Waals surface area contributed by atoms with E-state index in [1.807, 2.05) is 42.5 Å². The van der Waals surface area contributed by atoms with Gasteiger partial charge in [0.2, 0.25) is 0 Å². The quantitative estimate of drug-likeness (QED) is 0.593. The number of benzene rings is 2. The molecule has 0 aromatic heterocycles. The fourth-order valence-corrected chi connectivity index (χ4v) is 2.78. The van der Waals surface area contributed by atoms with Crippen molar-refractivity contribution in [2.45, 2.75) is 18.9 Å². The lowest BCUT2D eigenvalue weighted by atomic mass is 9.97. The Morgan fingerprint density at radius 2 is 1.88 bits per heavy atom. The average molecular weight is 340 g/mol. The number of methoxy groups -OCH3 is 1. The number of anilines is 1. The second kappa shape index (κ2) is 9.01. The summed E-state index contributed by atoms with van der Waals surface area (Å²) in [7, 11) is 3.03. The van der Waals surface area contributed by atoms with Gasteiger partial charge in [0.05, 0.1) is 19.9 Å². The monoisotopic (exact) mass is 340 g/mol. The van der Waals surface area contributed by atoms with Gasteiger partial charge in [0.25, 0.3) is 5.91 Å². The van der Waals surface area contributed by atoms with Gasteiger partial charge in [-0.25, -0.2) is 0 Å². The Kier molecular flexibility index (Phi) is 6.74. The van der Waals surface area contributed by atoms with E-state index < -0.39 is 0 Å². The molecule has 5 nitrogen and oxygen atoms in total. The topological polar surface area (TPSA) is 64.8 Å². The molecule has 2 aromatic carbocycles. The fourth-order valence-electron chi connectivity index (χ4n) is 2.78. The van der Waals surface area contributed by atoms with Crippen LogP contribution in [0, 0.1) is 0 Å². The molecule has 0 saturated heterocycles. The van der Waals surface area contributed by atoms with E-state index in [1.54, 1.807) is 13.2 Å². The van der Waals surface area contributed by atoms with Crippen LogP contribution in [-0.4, -0.2) is 26.2 Å². The number of carbonyl (C=O) groups is 1. The SMILES string of the molecule is C=CC(=O)N(OC)c1cccc(OC)c1C[C@H](N)Cc1ccccc1. The summed E-state index contributed by atoms with van der Waals surface area (Å²) in [6.07, 6.45) is 2.47. The van der Waals surface area contributed by atoms with Crippen LogP contribution in [0.15, 0.2) is 61.2 Å². The smallest absolute Gasteiger partial charge is 0.274 e. The van der Waals surface area contributed by atoms with E-state index in [-0.39, 0.29) is 11.9 Å². The minimum atomic E-state index is -0.353. The highest BCUT2D eigenvalue weighted by Gasteiger charge is 2.21. The van der Waals surface area contributed by atoms with Crippen molar-refractivity contribution in [2.75, 3.05) is 19.3 Å². The lowest BCUT2D eigenvalue weighted by molar-refractivity contribution is -0.120. The molecule has 0 aliphatic heterocycles. The first-order valence-electron chi connectivity index (χ1n) is 8.06. The zero-order chi connectivity index (χ0) is 18.2. The van der Waals surface area contributed by atoms with Gasteiger partial charge in [-0.3, -0.25) is 9.63 Å². The van der Waals surface area contributed by atoms with Crippen LogP contribution in [0.4, 0.5) is 5.69 Å². The van der Waals surface area contributed by atoms with Crippen molar-refractivity contribution >= 4 is 11.6 Å². The van der Waals surface area contributed by atoms with Crippen molar-refractivity contribution < 1.29 is 14.4 Å². The normalized spacial score (nSPS) is 11.6. The van der Waals surface area contributed by atoms with Crippen molar-refractivity contribution in [1.82, 2.24) is 0 Å². The molecule has 0 saturated carbocycles. The van der Waals surface area contributed by atoms with Crippen molar-refractivity contribution in [2.24, 2.45) is 5.73 Å². The second-order valence-corrected chi connectivity index (χ2v) is 5.63. The number of hydroxylamine groups is 1. The summed E-state index contributed by atoms with van der Waals surface area (Å²) in [6, 6.07) is 15.4. The number of hydrogen-bond acceptors (Lipinski definition) is 4. The third-order valence-electron chi connectivity index (χ3n) is 3.91. The summed E-state index contributed by atoms with van der Waals surface area (Å²) in [5.74, 6) is 0.313.